The van der Waals surface area contributed by atoms with Crippen LogP contribution in [0.1, 0.15) is 48.1 Å². The Kier molecular flexibility index (Phi) is 9.39. The number of aliphatic hydroxyl groups excluding tert-OH is 1. The Balaban J connectivity index is 1.62. The highest BCUT2D eigenvalue weighted by Crippen LogP contribution is 2.40. The van der Waals surface area contributed by atoms with Crippen LogP contribution >= 0.6 is 0 Å². The molecule has 0 aromatic heterocycles. The number of amides is 1. The summed E-state index contributed by atoms with van der Waals surface area (Å²) in [6.07, 6.45) is 1.45. The highest BCUT2D eigenvalue weighted by atomic mass is 16.5. The van der Waals surface area contributed by atoms with Crippen LogP contribution < -0.4 is 9.47 Å². The molecule has 1 aliphatic rings. The number of carbonyl (C=O) groups excluding carboxylic acids is 2. The van der Waals surface area contributed by atoms with E-state index in [1.807, 2.05) is 56.3 Å². The molecule has 1 unspecified atom stereocenters. The Morgan fingerprint density at radius 2 is 1.62 bits per heavy atom. The molecule has 0 aliphatic carbocycles. The van der Waals surface area contributed by atoms with E-state index in [1.54, 1.807) is 31.4 Å². The van der Waals surface area contributed by atoms with E-state index in [4.69, 9.17) is 14.2 Å². The van der Waals surface area contributed by atoms with Crippen molar-refractivity contribution in [2.24, 2.45) is 0 Å². The summed E-state index contributed by atoms with van der Waals surface area (Å²) >= 11 is 0. The van der Waals surface area contributed by atoms with Crippen molar-refractivity contribution in [1.29, 1.82) is 0 Å². The Labute approximate surface area is 229 Å². The molecule has 1 heterocycles. The van der Waals surface area contributed by atoms with Crippen LogP contribution in [0.25, 0.3) is 5.76 Å². The standard InChI is InChI=1S/C32H35NO6/c1-4-18-38-26-13-9-24(10-14-26)29-28(31(35)32(36)33(29)17-6-19-37-3)30(34)25-11-15-27(16-12-25)39-21-23-8-5-7-22(2)20-23/h5,7-16,20,29,34H,4,6,17-19,21H2,1-3H3/b30-28-. The molecule has 1 aliphatic heterocycles. The SMILES string of the molecule is CCCOc1ccc(C2/C(=C(/O)c3ccc(OCc4cccc(C)c4)cc3)C(=O)C(=O)N2CCCOC)cc1. The maximum Gasteiger partial charge on any atom is 0.295 e. The summed E-state index contributed by atoms with van der Waals surface area (Å²) in [5, 5.41) is 11.3. The summed E-state index contributed by atoms with van der Waals surface area (Å²) in [6, 6.07) is 21.5. The van der Waals surface area contributed by atoms with Crippen molar-refractivity contribution >= 4 is 17.4 Å². The molecule has 1 atom stereocenters. The van der Waals surface area contributed by atoms with E-state index in [2.05, 4.69) is 6.07 Å². The van der Waals surface area contributed by atoms with E-state index in [1.165, 1.54) is 4.90 Å². The molecule has 3 aromatic rings. The number of hydrogen-bond acceptors (Lipinski definition) is 6. The molecule has 0 bridgehead atoms. The number of nitrogens with zero attached hydrogens (tertiary/aromatic N) is 1. The number of aliphatic hydroxyl groups is 1. The van der Waals surface area contributed by atoms with Crippen LogP contribution in [0.4, 0.5) is 0 Å². The first-order chi connectivity index (χ1) is 18.9. The van der Waals surface area contributed by atoms with Crippen molar-refractivity contribution in [3.63, 3.8) is 0 Å². The number of rotatable bonds is 12. The van der Waals surface area contributed by atoms with Gasteiger partial charge in [-0.3, -0.25) is 9.59 Å². The first-order valence-corrected chi connectivity index (χ1v) is 13.2. The first-order valence-electron chi connectivity index (χ1n) is 13.2. The fourth-order valence-corrected chi connectivity index (χ4v) is 4.64. The van der Waals surface area contributed by atoms with Crippen molar-refractivity contribution in [2.75, 3.05) is 26.9 Å². The number of carbonyl (C=O) groups is 2. The molecule has 3 aromatic carbocycles. The number of benzene rings is 3. The topological polar surface area (TPSA) is 85.3 Å². The molecule has 4 rings (SSSR count). The zero-order chi connectivity index (χ0) is 27.8. The average Bonchev–Trinajstić information content (AvgIpc) is 3.20. The summed E-state index contributed by atoms with van der Waals surface area (Å²) in [5.74, 6) is -0.224. The minimum Gasteiger partial charge on any atom is -0.507 e. The maximum absolute atomic E-state index is 13.2. The molecule has 0 spiro atoms. The van der Waals surface area contributed by atoms with E-state index in [9.17, 15) is 14.7 Å². The molecule has 7 heteroatoms. The largest absolute Gasteiger partial charge is 0.507 e. The number of likely N-dealkylation sites (tertiary alicyclic amines) is 1. The van der Waals surface area contributed by atoms with Gasteiger partial charge in [-0.2, -0.15) is 0 Å². The molecule has 204 valence electrons. The van der Waals surface area contributed by atoms with Crippen molar-refractivity contribution in [3.05, 3.63) is 101 Å². The lowest BCUT2D eigenvalue weighted by molar-refractivity contribution is -0.140. The van der Waals surface area contributed by atoms with Crippen LogP contribution in [0, 0.1) is 6.92 Å². The highest BCUT2D eigenvalue weighted by molar-refractivity contribution is 6.46. The summed E-state index contributed by atoms with van der Waals surface area (Å²) in [5.41, 5.74) is 3.43. The molecule has 1 amide bonds. The Morgan fingerprint density at radius 1 is 0.923 bits per heavy atom. The van der Waals surface area contributed by atoms with Gasteiger partial charge in [-0.05, 0) is 67.3 Å². The van der Waals surface area contributed by atoms with Crippen LogP contribution in [0.3, 0.4) is 0 Å². The van der Waals surface area contributed by atoms with E-state index in [0.29, 0.717) is 49.8 Å². The predicted molar refractivity (Wildman–Crippen MR) is 150 cm³/mol. The second kappa shape index (κ2) is 13.1. The lowest BCUT2D eigenvalue weighted by Gasteiger charge is -2.25. The normalized spacial score (nSPS) is 16.5. The van der Waals surface area contributed by atoms with Gasteiger partial charge in [0.25, 0.3) is 11.7 Å². The van der Waals surface area contributed by atoms with Gasteiger partial charge in [0, 0.05) is 25.8 Å². The summed E-state index contributed by atoms with van der Waals surface area (Å²) in [7, 11) is 1.59. The van der Waals surface area contributed by atoms with Gasteiger partial charge in [0.05, 0.1) is 18.2 Å². The molecule has 1 saturated heterocycles. The third-order valence-electron chi connectivity index (χ3n) is 6.57. The van der Waals surface area contributed by atoms with Crippen molar-refractivity contribution in [1.82, 2.24) is 4.90 Å². The van der Waals surface area contributed by atoms with Gasteiger partial charge in [0.2, 0.25) is 0 Å². The number of methoxy groups -OCH3 is 1. The zero-order valence-electron chi connectivity index (χ0n) is 22.7. The average molecular weight is 530 g/mol. The van der Waals surface area contributed by atoms with Gasteiger partial charge in [-0.1, -0.05) is 48.9 Å². The van der Waals surface area contributed by atoms with Gasteiger partial charge in [0.1, 0.15) is 23.9 Å². The molecule has 7 nitrogen and oxygen atoms in total. The van der Waals surface area contributed by atoms with Crippen LogP contribution in [0.5, 0.6) is 11.5 Å². The van der Waals surface area contributed by atoms with Gasteiger partial charge < -0.3 is 24.2 Å². The van der Waals surface area contributed by atoms with Crippen molar-refractivity contribution < 1.29 is 28.9 Å². The van der Waals surface area contributed by atoms with Crippen LogP contribution in [-0.4, -0.2) is 48.6 Å². The van der Waals surface area contributed by atoms with E-state index in [0.717, 1.165) is 23.1 Å². The van der Waals surface area contributed by atoms with Gasteiger partial charge >= 0.3 is 0 Å². The lowest BCUT2D eigenvalue weighted by Crippen LogP contribution is -2.31. The van der Waals surface area contributed by atoms with Gasteiger partial charge in [-0.15, -0.1) is 0 Å². The molecular weight excluding hydrogens is 494 g/mol. The highest BCUT2D eigenvalue weighted by Gasteiger charge is 2.45. The van der Waals surface area contributed by atoms with Crippen LogP contribution in [-0.2, 0) is 20.9 Å². The fraction of sp³-hybridized carbons (Fsp3) is 0.312. The predicted octanol–water partition coefficient (Wildman–Crippen LogP) is 5.82. The van der Waals surface area contributed by atoms with Gasteiger partial charge in [-0.25, -0.2) is 0 Å². The third kappa shape index (κ3) is 6.67. The number of ketones is 1. The minimum absolute atomic E-state index is 0.0630. The van der Waals surface area contributed by atoms with Crippen LogP contribution in [0.15, 0.2) is 78.4 Å². The quantitative estimate of drug-likeness (QED) is 0.138. The second-order valence-electron chi connectivity index (χ2n) is 9.56. The third-order valence-corrected chi connectivity index (χ3v) is 6.57. The number of aryl methyl sites for hydroxylation is 1. The molecule has 1 N–H and O–H groups in total. The number of Topliss-reactive ketones (excluding diaryl/α,β-unsaturated/α-hetero) is 1. The first kappa shape index (κ1) is 27.9. The molecule has 0 radical (unpaired) electrons. The summed E-state index contributed by atoms with van der Waals surface area (Å²) in [6.45, 7) is 5.84. The van der Waals surface area contributed by atoms with Crippen LogP contribution in [0.2, 0.25) is 0 Å². The number of hydrogen-bond donors (Lipinski definition) is 1. The Morgan fingerprint density at radius 3 is 2.28 bits per heavy atom. The molecular formula is C32H35NO6. The number of ether oxygens (including phenoxy) is 3. The molecule has 39 heavy (non-hydrogen) atoms. The van der Waals surface area contributed by atoms with E-state index < -0.39 is 17.7 Å². The van der Waals surface area contributed by atoms with Crippen molar-refractivity contribution in [2.45, 2.75) is 39.3 Å². The lowest BCUT2D eigenvalue weighted by atomic mass is 9.95. The molecule has 1 fully saturated rings. The molecule has 0 saturated carbocycles. The summed E-state index contributed by atoms with van der Waals surface area (Å²) in [4.78, 5) is 27.8. The Bertz CT molecular complexity index is 1310. The summed E-state index contributed by atoms with van der Waals surface area (Å²) < 4.78 is 16.7. The van der Waals surface area contributed by atoms with Gasteiger partial charge in [0.15, 0.2) is 0 Å². The van der Waals surface area contributed by atoms with E-state index in [-0.39, 0.29) is 11.3 Å². The van der Waals surface area contributed by atoms with E-state index >= 15 is 0 Å². The monoisotopic (exact) mass is 529 g/mol. The smallest absolute Gasteiger partial charge is 0.295 e. The second-order valence-corrected chi connectivity index (χ2v) is 9.56. The Hall–Kier alpha value is -4.10. The maximum atomic E-state index is 13.2. The minimum atomic E-state index is -0.723. The van der Waals surface area contributed by atoms with Crippen molar-refractivity contribution in [3.8, 4) is 11.5 Å². The fourth-order valence-electron chi connectivity index (χ4n) is 4.64. The zero-order valence-corrected chi connectivity index (χ0v) is 22.7.